The van der Waals surface area contributed by atoms with Crippen molar-refractivity contribution in [3.05, 3.63) is 36.3 Å². The van der Waals surface area contributed by atoms with Crippen molar-refractivity contribution in [2.75, 3.05) is 5.75 Å². The van der Waals surface area contributed by atoms with Crippen LogP contribution in [0.1, 0.15) is 37.9 Å². The molecule has 7 heteroatoms. The second kappa shape index (κ2) is 9.66. The van der Waals surface area contributed by atoms with Crippen molar-refractivity contribution in [2.45, 2.75) is 56.3 Å². The largest absolute Gasteiger partial charge is 0.481 e. The third-order valence-electron chi connectivity index (χ3n) is 5.64. The standard InChI is InChI=1S/C22H27NO5S/c1-2-22-14-19(25)17(10-8-15(24)7-9-16-5-3-11-28-16)18(22)13-20(23-22)29-12-4-6-21(26)27/h1,3,5,8,10-11,15,17-19,24-25H,4,6-7,9,12-14H2,(H,26,27). The minimum Gasteiger partial charge on any atom is -0.481 e. The number of hydrogen-bond donors (Lipinski definition) is 3. The highest BCUT2D eigenvalue weighted by Crippen LogP contribution is 2.50. The zero-order chi connectivity index (χ0) is 20.9. The van der Waals surface area contributed by atoms with Crippen LogP contribution in [0.3, 0.4) is 0 Å². The molecule has 29 heavy (non-hydrogen) atoms. The summed E-state index contributed by atoms with van der Waals surface area (Å²) >= 11 is 1.56. The van der Waals surface area contributed by atoms with Gasteiger partial charge in [-0.05, 0) is 30.7 Å². The van der Waals surface area contributed by atoms with Crippen LogP contribution in [0.4, 0.5) is 0 Å². The molecule has 5 atom stereocenters. The summed E-state index contributed by atoms with van der Waals surface area (Å²) < 4.78 is 5.28. The van der Waals surface area contributed by atoms with Gasteiger partial charge in [-0.3, -0.25) is 9.79 Å². The van der Waals surface area contributed by atoms with Gasteiger partial charge in [-0.25, -0.2) is 0 Å². The number of furan rings is 1. The molecule has 2 aliphatic rings. The number of rotatable bonds is 9. The molecule has 0 saturated heterocycles. The van der Waals surface area contributed by atoms with Crippen molar-refractivity contribution >= 4 is 22.8 Å². The molecular formula is C22H27NO5S. The first-order chi connectivity index (χ1) is 13.9. The molecule has 1 fully saturated rings. The highest BCUT2D eigenvalue weighted by Gasteiger charge is 2.55. The number of aliphatic carboxylic acids is 1. The van der Waals surface area contributed by atoms with Gasteiger partial charge >= 0.3 is 5.97 Å². The summed E-state index contributed by atoms with van der Waals surface area (Å²) in [6.07, 6.45) is 12.8. The van der Waals surface area contributed by atoms with Gasteiger partial charge in [0.1, 0.15) is 11.3 Å². The topological polar surface area (TPSA) is 103 Å². The summed E-state index contributed by atoms with van der Waals surface area (Å²) in [6.45, 7) is 0. The monoisotopic (exact) mass is 417 g/mol. The van der Waals surface area contributed by atoms with Crippen LogP contribution in [0.15, 0.2) is 40.0 Å². The lowest BCUT2D eigenvalue weighted by Crippen LogP contribution is -2.27. The quantitative estimate of drug-likeness (QED) is 0.324. The zero-order valence-electron chi connectivity index (χ0n) is 16.2. The predicted octanol–water partition coefficient (Wildman–Crippen LogP) is 2.90. The fraction of sp³-hybridized carbons (Fsp3) is 0.545. The Kier molecular flexibility index (Phi) is 7.23. The number of aliphatic imine (C=N–C) groups is 1. The van der Waals surface area contributed by atoms with E-state index < -0.39 is 23.7 Å². The van der Waals surface area contributed by atoms with Gasteiger partial charge in [0, 0.05) is 37.5 Å². The molecule has 0 aromatic carbocycles. The van der Waals surface area contributed by atoms with E-state index in [0.29, 0.717) is 37.9 Å². The average Bonchev–Trinajstić information content (AvgIpc) is 3.37. The van der Waals surface area contributed by atoms with Gasteiger partial charge in [-0.1, -0.05) is 18.1 Å². The summed E-state index contributed by atoms with van der Waals surface area (Å²) in [4.78, 5) is 15.4. The molecule has 2 heterocycles. The molecule has 3 N–H and O–H groups in total. The van der Waals surface area contributed by atoms with E-state index in [2.05, 4.69) is 5.92 Å². The molecule has 1 aliphatic carbocycles. The van der Waals surface area contributed by atoms with E-state index in [1.165, 1.54) is 0 Å². The van der Waals surface area contributed by atoms with Gasteiger partial charge in [0.05, 0.1) is 23.5 Å². The molecule has 0 spiro atoms. The number of hydrogen-bond acceptors (Lipinski definition) is 6. The van der Waals surface area contributed by atoms with Crippen LogP contribution in [0.2, 0.25) is 0 Å². The molecule has 5 unspecified atom stereocenters. The zero-order valence-corrected chi connectivity index (χ0v) is 17.1. The number of terminal acetylenes is 1. The Morgan fingerprint density at radius 2 is 2.38 bits per heavy atom. The summed E-state index contributed by atoms with van der Waals surface area (Å²) in [5.41, 5.74) is -0.706. The number of carboxylic acids is 1. The number of fused-ring (bicyclic) bond motifs is 1. The van der Waals surface area contributed by atoms with Crippen LogP contribution in [-0.2, 0) is 11.2 Å². The fourth-order valence-electron chi connectivity index (χ4n) is 4.15. The first kappa shape index (κ1) is 21.7. The van der Waals surface area contributed by atoms with Crippen LogP contribution >= 0.6 is 11.8 Å². The van der Waals surface area contributed by atoms with Crippen molar-refractivity contribution in [2.24, 2.45) is 16.8 Å². The highest BCUT2D eigenvalue weighted by molar-refractivity contribution is 8.13. The van der Waals surface area contributed by atoms with Crippen LogP contribution in [0.25, 0.3) is 0 Å². The number of aliphatic hydroxyl groups excluding tert-OH is 2. The summed E-state index contributed by atoms with van der Waals surface area (Å²) in [5, 5.41) is 30.5. The lowest BCUT2D eigenvalue weighted by atomic mass is 9.83. The number of carboxylic acid groups (broad SMARTS) is 1. The lowest BCUT2D eigenvalue weighted by molar-refractivity contribution is -0.137. The third-order valence-corrected chi connectivity index (χ3v) is 6.72. The lowest BCUT2D eigenvalue weighted by Gasteiger charge is -2.21. The second-order valence-corrected chi connectivity index (χ2v) is 8.82. The smallest absolute Gasteiger partial charge is 0.303 e. The number of carbonyl (C=O) groups is 1. The van der Waals surface area contributed by atoms with E-state index >= 15 is 0 Å². The Labute approximate surface area is 175 Å². The molecule has 0 radical (unpaired) electrons. The van der Waals surface area contributed by atoms with Crippen molar-refractivity contribution in [1.29, 1.82) is 0 Å². The molecule has 3 rings (SSSR count). The van der Waals surface area contributed by atoms with Gasteiger partial charge < -0.3 is 19.7 Å². The van der Waals surface area contributed by atoms with Gasteiger partial charge in [0.2, 0.25) is 0 Å². The third kappa shape index (κ3) is 5.33. The van der Waals surface area contributed by atoms with Crippen LogP contribution in [0, 0.1) is 24.2 Å². The van der Waals surface area contributed by atoms with Gasteiger partial charge in [-0.15, -0.1) is 18.2 Å². The molecule has 1 aliphatic heterocycles. The maximum atomic E-state index is 10.6. The molecule has 6 nitrogen and oxygen atoms in total. The van der Waals surface area contributed by atoms with Crippen molar-refractivity contribution < 1.29 is 24.5 Å². The van der Waals surface area contributed by atoms with Crippen LogP contribution in [-0.4, -0.2) is 49.8 Å². The molecule has 1 saturated carbocycles. The van der Waals surface area contributed by atoms with Crippen molar-refractivity contribution in [3.63, 3.8) is 0 Å². The average molecular weight is 418 g/mol. The molecule has 156 valence electrons. The summed E-state index contributed by atoms with van der Waals surface area (Å²) in [7, 11) is 0. The summed E-state index contributed by atoms with van der Waals surface area (Å²) in [5.74, 6) is 3.37. The normalized spacial score (nSPS) is 29.6. The Morgan fingerprint density at radius 3 is 3.07 bits per heavy atom. The summed E-state index contributed by atoms with van der Waals surface area (Å²) in [6, 6.07) is 3.70. The first-order valence-corrected chi connectivity index (χ1v) is 10.9. The van der Waals surface area contributed by atoms with Gasteiger partial charge in [0.25, 0.3) is 0 Å². The Morgan fingerprint density at radius 1 is 1.55 bits per heavy atom. The fourth-order valence-corrected chi connectivity index (χ4v) is 5.19. The Hall–Kier alpha value is -2.01. The first-order valence-electron chi connectivity index (χ1n) is 9.91. The van der Waals surface area contributed by atoms with Crippen molar-refractivity contribution in [1.82, 2.24) is 0 Å². The predicted molar refractivity (Wildman–Crippen MR) is 113 cm³/mol. The van der Waals surface area contributed by atoms with Crippen LogP contribution in [0.5, 0.6) is 0 Å². The Bertz CT molecular complexity index is 797. The number of aliphatic hydroxyl groups is 2. The maximum absolute atomic E-state index is 10.6. The molecular weight excluding hydrogens is 390 g/mol. The van der Waals surface area contributed by atoms with Crippen LogP contribution < -0.4 is 0 Å². The van der Waals surface area contributed by atoms with E-state index in [1.54, 1.807) is 24.1 Å². The van der Waals surface area contributed by atoms with Gasteiger partial charge in [-0.2, -0.15) is 0 Å². The highest BCUT2D eigenvalue weighted by atomic mass is 32.2. The van der Waals surface area contributed by atoms with E-state index in [-0.39, 0.29) is 18.3 Å². The van der Waals surface area contributed by atoms with E-state index in [9.17, 15) is 15.0 Å². The SMILES string of the molecule is C#CC12CC(O)C(C=CC(O)CCc3ccco3)C1CC(SCCCC(=O)O)=N2. The minimum absolute atomic E-state index is 0.00185. The molecule has 0 bridgehead atoms. The van der Waals surface area contributed by atoms with E-state index in [4.69, 9.17) is 20.9 Å². The van der Waals surface area contributed by atoms with Gasteiger partial charge in [0.15, 0.2) is 0 Å². The Balaban J connectivity index is 1.57. The second-order valence-electron chi connectivity index (χ2n) is 7.65. The number of thioether (sulfide) groups is 1. The molecule has 1 aromatic heterocycles. The molecule has 0 amide bonds. The van der Waals surface area contributed by atoms with Crippen molar-refractivity contribution in [3.8, 4) is 12.3 Å². The van der Waals surface area contributed by atoms with E-state index in [1.807, 2.05) is 18.2 Å². The number of nitrogens with zero attached hydrogens (tertiary/aromatic N) is 1. The number of aryl methyl sites for hydroxylation is 1. The minimum atomic E-state index is -0.796. The molecule has 1 aromatic rings. The van der Waals surface area contributed by atoms with E-state index in [0.717, 1.165) is 10.8 Å². The maximum Gasteiger partial charge on any atom is 0.303 e.